The number of carbonyl (C=O) groups excluding carboxylic acids is 2. The number of ether oxygens (including phenoxy) is 4. The number of rotatable bonds is 15. The normalized spacial score (nSPS) is 10.4. The van der Waals surface area contributed by atoms with Gasteiger partial charge in [-0.05, 0) is 86.2 Å². The summed E-state index contributed by atoms with van der Waals surface area (Å²) in [4.78, 5) is 35.2. The minimum absolute atomic E-state index is 0.143. The number of esters is 2. The van der Waals surface area contributed by atoms with Crippen molar-refractivity contribution < 1.29 is 33.5 Å². The Balaban J connectivity index is 1.53. The summed E-state index contributed by atoms with van der Waals surface area (Å²) in [5.74, 6) is 0.0494. The summed E-state index contributed by atoms with van der Waals surface area (Å²) < 4.78 is 21.7. The van der Waals surface area contributed by atoms with Gasteiger partial charge in [-0.1, -0.05) is 31.7 Å². The maximum absolute atomic E-state index is 12.7. The Hall–Kier alpha value is -4.66. The first-order valence-electron chi connectivity index (χ1n) is 13.1. The first-order valence-corrected chi connectivity index (χ1v) is 13.1. The van der Waals surface area contributed by atoms with E-state index in [2.05, 4.69) is 6.58 Å². The maximum Gasteiger partial charge on any atom is 0.343 e. The maximum atomic E-state index is 12.7. The van der Waals surface area contributed by atoms with Crippen molar-refractivity contribution in [3.05, 3.63) is 94.6 Å². The first-order chi connectivity index (χ1) is 19.3. The molecular formula is C31H33NO8. The average molecular weight is 548 g/mol. The van der Waals surface area contributed by atoms with Gasteiger partial charge in [0.1, 0.15) is 11.5 Å². The Morgan fingerprint density at radius 2 is 1.43 bits per heavy atom. The zero-order chi connectivity index (χ0) is 28.9. The van der Waals surface area contributed by atoms with Crippen LogP contribution >= 0.6 is 0 Å². The van der Waals surface area contributed by atoms with Crippen molar-refractivity contribution in [2.24, 2.45) is 0 Å². The van der Waals surface area contributed by atoms with Gasteiger partial charge in [-0.2, -0.15) is 0 Å². The predicted octanol–water partition coefficient (Wildman–Crippen LogP) is 6.94. The molecule has 0 atom stereocenters. The van der Waals surface area contributed by atoms with Crippen LogP contribution in [0.25, 0.3) is 11.1 Å². The summed E-state index contributed by atoms with van der Waals surface area (Å²) in [6.07, 6.45) is 3.21. The van der Waals surface area contributed by atoms with Gasteiger partial charge in [0.15, 0.2) is 0 Å². The highest BCUT2D eigenvalue weighted by molar-refractivity contribution is 5.92. The summed E-state index contributed by atoms with van der Waals surface area (Å²) in [5.41, 5.74) is 1.68. The van der Waals surface area contributed by atoms with Gasteiger partial charge in [-0.15, -0.1) is 0 Å². The molecule has 9 nitrogen and oxygen atoms in total. The van der Waals surface area contributed by atoms with Gasteiger partial charge in [0.05, 0.1) is 30.3 Å². The second-order valence-electron chi connectivity index (χ2n) is 9.05. The van der Waals surface area contributed by atoms with Gasteiger partial charge < -0.3 is 18.9 Å². The largest absolute Gasteiger partial charge is 0.494 e. The number of hydrogen-bond donors (Lipinski definition) is 0. The van der Waals surface area contributed by atoms with E-state index in [-0.39, 0.29) is 23.0 Å². The fourth-order valence-electron chi connectivity index (χ4n) is 3.59. The van der Waals surface area contributed by atoms with Gasteiger partial charge in [0.2, 0.25) is 5.75 Å². The number of nitro benzene ring substituents is 1. The SMILES string of the molecule is C=C(C)C(=O)OCCCCCOc1ccc(C(=O)Oc2ccc(-c3ccc(OCCC)cc3)cc2[N+](=O)[O-])cc1. The summed E-state index contributed by atoms with van der Waals surface area (Å²) in [7, 11) is 0. The van der Waals surface area contributed by atoms with Crippen LogP contribution in [0.5, 0.6) is 17.2 Å². The quantitative estimate of drug-likeness (QED) is 0.0502. The van der Waals surface area contributed by atoms with Crippen LogP contribution in [0.15, 0.2) is 78.9 Å². The van der Waals surface area contributed by atoms with Gasteiger partial charge in [0, 0.05) is 11.6 Å². The van der Waals surface area contributed by atoms with Crippen LogP contribution in [0.2, 0.25) is 0 Å². The van der Waals surface area contributed by atoms with Crippen LogP contribution < -0.4 is 14.2 Å². The van der Waals surface area contributed by atoms with Crippen molar-refractivity contribution in [1.29, 1.82) is 0 Å². The molecule has 0 aliphatic carbocycles. The Kier molecular flexibility index (Phi) is 11.3. The summed E-state index contributed by atoms with van der Waals surface area (Å²) >= 11 is 0. The van der Waals surface area contributed by atoms with E-state index in [9.17, 15) is 19.7 Å². The van der Waals surface area contributed by atoms with E-state index in [0.717, 1.165) is 37.0 Å². The van der Waals surface area contributed by atoms with Gasteiger partial charge in [0.25, 0.3) is 0 Å². The highest BCUT2D eigenvalue weighted by Gasteiger charge is 2.20. The van der Waals surface area contributed by atoms with Gasteiger partial charge in [-0.3, -0.25) is 10.1 Å². The number of hydrogen-bond acceptors (Lipinski definition) is 8. The molecule has 0 N–H and O–H groups in total. The molecule has 0 aliphatic rings. The van der Waals surface area contributed by atoms with Crippen LogP contribution in [0, 0.1) is 10.1 Å². The lowest BCUT2D eigenvalue weighted by atomic mass is 10.0. The molecule has 0 saturated heterocycles. The molecule has 0 saturated carbocycles. The topological polar surface area (TPSA) is 114 Å². The van der Waals surface area contributed by atoms with E-state index in [1.54, 1.807) is 25.1 Å². The second-order valence-corrected chi connectivity index (χ2v) is 9.05. The lowest BCUT2D eigenvalue weighted by Crippen LogP contribution is -2.10. The Morgan fingerprint density at radius 1 is 0.825 bits per heavy atom. The fraction of sp³-hybridized carbons (Fsp3) is 0.290. The first kappa shape index (κ1) is 29.9. The minimum atomic E-state index is -0.718. The molecule has 0 fully saturated rings. The highest BCUT2D eigenvalue weighted by atomic mass is 16.6. The zero-order valence-electron chi connectivity index (χ0n) is 22.7. The molecule has 0 heterocycles. The Labute approximate surface area is 233 Å². The van der Waals surface area contributed by atoms with Crippen molar-refractivity contribution in [1.82, 2.24) is 0 Å². The van der Waals surface area contributed by atoms with Gasteiger partial charge in [-0.25, -0.2) is 9.59 Å². The molecule has 210 valence electrons. The fourth-order valence-corrected chi connectivity index (χ4v) is 3.59. The van der Waals surface area contributed by atoms with Crippen LogP contribution in [-0.4, -0.2) is 36.7 Å². The predicted molar refractivity (Wildman–Crippen MR) is 151 cm³/mol. The van der Waals surface area contributed by atoms with Crippen molar-refractivity contribution in [3.63, 3.8) is 0 Å². The molecule has 3 rings (SSSR count). The van der Waals surface area contributed by atoms with E-state index in [1.807, 2.05) is 31.2 Å². The summed E-state index contributed by atoms with van der Waals surface area (Å²) in [5, 5.41) is 11.7. The van der Waals surface area contributed by atoms with Crippen molar-refractivity contribution >= 4 is 17.6 Å². The molecule has 0 amide bonds. The molecule has 0 unspecified atom stereocenters. The molecule has 0 aliphatic heterocycles. The molecule has 3 aromatic rings. The highest BCUT2D eigenvalue weighted by Crippen LogP contribution is 2.33. The number of nitrogens with zero attached hydrogens (tertiary/aromatic N) is 1. The molecular weight excluding hydrogens is 514 g/mol. The molecule has 3 aromatic carbocycles. The Morgan fingerprint density at radius 3 is 2.05 bits per heavy atom. The molecule has 0 bridgehead atoms. The lowest BCUT2D eigenvalue weighted by molar-refractivity contribution is -0.385. The number of carbonyl (C=O) groups is 2. The smallest absolute Gasteiger partial charge is 0.343 e. The zero-order valence-corrected chi connectivity index (χ0v) is 22.7. The van der Waals surface area contributed by atoms with Crippen LogP contribution in [0.3, 0.4) is 0 Å². The van der Waals surface area contributed by atoms with Crippen molar-refractivity contribution in [2.75, 3.05) is 19.8 Å². The van der Waals surface area contributed by atoms with E-state index in [1.165, 1.54) is 24.3 Å². The lowest BCUT2D eigenvalue weighted by Gasteiger charge is -2.09. The molecule has 0 aromatic heterocycles. The van der Waals surface area contributed by atoms with Crippen molar-refractivity contribution in [3.8, 4) is 28.4 Å². The third kappa shape index (κ3) is 8.97. The number of unbranched alkanes of at least 4 members (excludes halogenated alkanes) is 2. The monoisotopic (exact) mass is 547 g/mol. The van der Waals surface area contributed by atoms with Crippen LogP contribution in [-0.2, 0) is 9.53 Å². The molecule has 40 heavy (non-hydrogen) atoms. The van der Waals surface area contributed by atoms with Crippen LogP contribution in [0.4, 0.5) is 5.69 Å². The number of nitro groups is 1. The average Bonchev–Trinajstić information content (AvgIpc) is 2.96. The minimum Gasteiger partial charge on any atom is -0.494 e. The second kappa shape index (κ2) is 15.1. The van der Waals surface area contributed by atoms with E-state index < -0.39 is 10.9 Å². The molecule has 0 spiro atoms. The third-order valence-corrected chi connectivity index (χ3v) is 5.75. The standard InChI is InChI=1S/C31H33NO8/c1-4-18-37-26-13-8-23(9-14-26)25-12-17-29(28(21-25)32(35)36)40-31(34)24-10-15-27(16-11-24)38-19-6-5-7-20-39-30(33)22(2)3/h8-17,21H,2,4-7,18-20H2,1,3H3. The summed E-state index contributed by atoms with van der Waals surface area (Å²) in [6.45, 7) is 8.57. The molecule has 0 radical (unpaired) electrons. The summed E-state index contributed by atoms with van der Waals surface area (Å²) in [6, 6.07) is 18.1. The van der Waals surface area contributed by atoms with Crippen molar-refractivity contribution in [2.45, 2.75) is 39.5 Å². The van der Waals surface area contributed by atoms with Crippen LogP contribution in [0.1, 0.15) is 49.9 Å². The Bertz CT molecular complexity index is 1320. The number of benzene rings is 3. The van der Waals surface area contributed by atoms with E-state index in [4.69, 9.17) is 18.9 Å². The molecule has 9 heteroatoms. The van der Waals surface area contributed by atoms with E-state index in [0.29, 0.717) is 36.7 Å². The van der Waals surface area contributed by atoms with E-state index >= 15 is 0 Å². The van der Waals surface area contributed by atoms with Gasteiger partial charge >= 0.3 is 17.6 Å². The third-order valence-electron chi connectivity index (χ3n) is 5.75.